The molecule has 0 N–H and O–H groups in total. The quantitative estimate of drug-likeness (QED) is 0.673. The van der Waals surface area contributed by atoms with E-state index >= 15 is 0 Å². The van der Waals surface area contributed by atoms with Crippen LogP contribution in [-0.2, 0) is 11.3 Å². The molecule has 0 aliphatic rings. The van der Waals surface area contributed by atoms with Crippen molar-refractivity contribution in [1.29, 1.82) is 0 Å². The first kappa shape index (κ1) is 11.5. The van der Waals surface area contributed by atoms with Crippen molar-refractivity contribution in [3.05, 3.63) is 66.4 Å². The zero-order valence-corrected chi connectivity index (χ0v) is 10.1. The second kappa shape index (κ2) is 4.94. The van der Waals surface area contributed by atoms with Crippen LogP contribution in [0.5, 0.6) is 0 Å². The smallest absolute Gasteiger partial charge is 0.357 e. The van der Waals surface area contributed by atoms with Crippen LogP contribution >= 0.6 is 0 Å². The van der Waals surface area contributed by atoms with Crippen molar-refractivity contribution in [3.8, 4) is 0 Å². The Morgan fingerprint density at radius 1 is 1.21 bits per heavy atom. The number of esters is 1. The molecule has 1 aromatic carbocycles. The highest BCUT2D eigenvalue weighted by Gasteiger charge is 2.13. The zero-order chi connectivity index (χ0) is 13.1. The minimum Gasteiger partial charge on any atom is -0.472 e. The van der Waals surface area contributed by atoms with E-state index in [4.69, 9.17) is 9.15 Å². The van der Waals surface area contributed by atoms with Crippen LogP contribution < -0.4 is 0 Å². The second-order valence-electron chi connectivity index (χ2n) is 4.09. The van der Waals surface area contributed by atoms with Crippen LogP contribution in [0.25, 0.3) is 10.8 Å². The van der Waals surface area contributed by atoms with Gasteiger partial charge in [-0.15, -0.1) is 0 Å². The molecule has 2 aromatic heterocycles. The summed E-state index contributed by atoms with van der Waals surface area (Å²) in [4.78, 5) is 16.1. The molecular weight excluding hydrogens is 242 g/mol. The summed E-state index contributed by atoms with van der Waals surface area (Å²) in [6.45, 7) is 0.181. The highest BCUT2D eigenvalue weighted by molar-refractivity contribution is 6.02. The molecule has 0 unspecified atom stereocenters. The van der Waals surface area contributed by atoms with Gasteiger partial charge >= 0.3 is 5.97 Å². The molecule has 0 saturated heterocycles. The molecule has 0 radical (unpaired) electrons. The Bertz CT molecular complexity index is 699. The maximum atomic E-state index is 12.0. The monoisotopic (exact) mass is 253 g/mol. The zero-order valence-electron chi connectivity index (χ0n) is 10.1. The molecule has 94 valence electrons. The van der Waals surface area contributed by atoms with Crippen LogP contribution in [0.2, 0.25) is 0 Å². The summed E-state index contributed by atoms with van der Waals surface area (Å²) < 4.78 is 10.1. The lowest BCUT2D eigenvalue weighted by Crippen LogP contribution is -2.07. The van der Waals surface area contributed by atoms with E-state index in [0.29, 0.717) is 5.69 Å². The first-order valence-corrected chi connectivity index (χ1v) is 5.86. The number of carbonyl (C=O) groups is 1. The van der Waals surface area contributed by atoms with Crippen molar-refractivity contribution in [1.82, 2.24) is 4.98 Å². The lowest BCUT2D eigenvalue weighted by atomic mass is 10.1. The Morgan fingerprint density at radius 2 is 2.11 bits per heavy atom. The molecule has 3 aromatic rings. The average molecular weight is 253 g/mol. The van der Waals surface area contributed by atoms with E-state index < -0.39 is 5.97 Å². The summed E-state index contributed by atoms with van der Waals surface area (Å²) in [5.41, 5.74) is 1.15. The number of nitrogens with zero attached hydrogens (tertiary/aromatic N) is 1. The van der Waals surface area contributed by atoms with Crippen molar-refractivity contribution in [2.75, 3.05) is 0 Å². The number of pyridine rings is 1. The van der Waals surface area contributed by atoms with Gasteiger partial charge in [-0.3, -0.25) is 0 Å². The number of hydrogen-bond donors (Lipinski definition) is 0. The number of fused-ring (bicyclic) bond motifs is 1. The normalized spacial score (nSPS) is 10.5. The molecule has 4 nitrogen and oxygen atoms in total. The van der Waals surface area contributed by atoms with E-state index in [1.165, 1.54) is 0 Å². The van der Waals surface area contributed by atoms with E-state index in [1.54, 1.807) is 24.8 Å². The molecule has 0 aliphatic carbocycles. The Hall–Kier alpha value is -2.62. The van der Waals surface area contributed by atoms with Gasteiger partial charge in [0.1, 0.15) is 6.61 Å². The van der Waals surface area contributed by atoms with Gasteiger partial charge in [-0.05, 0) is 17.5 Å². The number of carbonyl (C=O) groups excluding carboxylic acids is 1. The Labute approximate surface area is 109 Å². The van der Waals surface area contributed by atoms with Crippen molar-refractivity contribution in [2.45, 2.75) is 6.61 Å². The highest BCUT2D eigenvalue weighted by atomic mass is 16.5. The van der Waals surface area contributed by atoms with Gasteiger partial charge in [-0.1, -0.05) is 24.3 Å². The maximum Gasteiger partial charge on any atom is 0.357 e. The molecule has 19 heavy (non-hydrogen) atoms. The molecular formula is C15H11NO3. The number of benzene rings is 1. The van der Waals surface area contributed by atoms with Gasteiger partial charge in [0.15, 0.2) is 5.69 Å². The van der Waals surface area contributed by atoms with Gasteiger partial charge < -0.3 is 9.15 Å². The molecule has 0 bridgehead atoms. The summed E-state index contributed by atoms with van der Waals surface area (Å²) in [6.07, 6.45) is 4.69. The number of rotatable bonds is 3. The molecule has 0 spiro atoms. The Kier molecular flexibility index (Phi) is 2.98. The van der Waals surface area contributed by atoms with E-state index in [1.807, 2.05) is 30.3 Å². The predicted molar refractivity (Wildman–Crippen MR) is 69.6 cm³/mol. The van der Waals surface area contributed by atoms with Gasteiger partial charge in [0.25, 0.3) is 0 Å². The van der Waals surface area contributed by atoms with Crippen LogP contribution in [0.1, 0.15) is 16.1 Å². The average Bonchev–Trinajstić information content (AvgIpc) is 2.97. The number of ether oxygens (including phenoxy) is 1. The molecule has 0 aliphatic heterocycles. The lowest BCUT2D eigenvalue weighted by Gasteiger charge is -2.05. The van der Waals surface area contributed by atoms with Crippen LogP contribution in [0.4, 0.5) is 0 Å². The van der Waals surface area contributed by atoms with Gasteiger partial charge in [0, 0.05) is 17.1 Å². The fraction of sp³-hybridized carbons (Fsp3) is 0.0667. The van der Waals surface area contributed by atoms with Crippen molar-refractivity contribution in [2.24, 2.45) is 0 Å². The first-order chi connectivity index (χ1) is 9.34. The van der Waals surface area contributed by atoms with E-state index in [-0.39, 0.29) is 6.61 Å². The number of furan rings is 1. The highest BCUT2D eigenvalue weighted by Crippen LogP contribution is 2.17. The fourth-order valence-corrected chi connectivity index (χ4v) is 1.87. The van der Waals surface area contributed by atoms with Crippen LogP contribution in [0.3, 0.4) is 0 Å². The Morgan fingerprint density at radius 3 is 2.95 bits per heavy atom. The van der Waals surface area contributed by atoms with Gasteiger partial charge in [-0.25, -0.2) is 9.78 Å². The first-order valence-electron chi connectivity index (χ1n) is 5.86. The van der Waals surface area contributed by atoms with Gasteiger partial charge in [0.2, 0.25) is 0 Å². The summed E-state index contributed by atoms with van der Waals surface area (Å²) in [5, 5.41) is 1.76. The Balaban J connectivity index is 1.85. The topological polar surface area (TPSA) is 52.3 Å². The molecule has 3 rings (SSSR count). The molecule has 0 fully saturated rings. The van der Waals surface area contributed by atoms with Crippen LogP contribution in [0, 0.1) is 0 Å². The fourth-order valence-electron chi connectivity index (χ4n) is 1.87. The van der Waals surface area contributed by atoms with Crippen molar-refractivity contribution in [3.63, 3.8) is 0 Å². The van der Waals surface area contributed by atoms with Gasteiger partial charge in [-0.2, -0.15) is 0 Å². The molecule has 0 atom stereocenters. The molecule has 4 heteroatoms. The predicted octanol–water partition coefficient (Wildman–Crippen LogP) is 3.18. The third kappa shape index (κ3) is 2.33. The number of aromatic nitrogens is 1. The summed E-state index contributed by atoms with van der Waals surface area (Å²) in [5.74, 6) is -0.432. The van der Waals surface area contributed by atoms with Crippen LogP contribution in [-0.4, -0.2) is 11.0 Å². The molecule has 2 heterocycles. The minimum absolute atomic E-state index is 0.181. The third-order valence-corrected chi connectivity index (χ3v) is 2.82. The number of hydrogen-bond acceptors (Lipinski definition) is 4. The van der Waals surface area contributed by atoms with E-state index in [2.05, 4.69) is 4.98 Å². The standard InChI is InChI=1S/C15H11NO3/c17-15(19-10-11-6-8-18-9-11)14-13-4-2-1-3-12(13)5-7-16-14/h1-9H,10H2. The van der Waals surface area contributed by atoms with Crippen molar-refractivity contribution < 1.29 is 13.9 Å². The minimum atomic E-state index is -0.432. The van der Waals surface area contributed by atoms with Gasteiger partial charge in [0.05, 0.1) is 12.5 Å². The van der Waals surface area contributed by atoms with E-state index in [9.17, 15) is 4.79 Å². The van der Waals surface area contributed by atoms with Crippen molar-refractivity contribution >= 4 is 16.7 Å². The second-order valence-corrected chi connectivity index (χ2v) is 4.09. The maximum absolute atomic E-state index is 12.0. The third-order valence-electron chi connectivity index (χ3n) is 2.82. The summed E-state index contributed by atoms with van der Waals surface area (Å²) in [7, 11) is 0. The van der Waals surface area contributed by atoms with Crippen LogP contribution in [0.15, 0.2) is 59.5 Å². The largest absolute Gasteiger partial charge is 0.472 e. The lowest BCUT2D eigenvalue weighted by molar-refractivity contribution is 0.0468. The SMILES string of the molecule is O=C(OCc1ccoc1)c1nccc2ccccc12. The summed E-state index contributed by atoms with van der Waals surface area (Å²) in [6, 6.07) is 11.2. The summed E-state index contributed by atoms with van der Waals surface area (Å²) >= 11 is 0. The molecule has 0 saturated carbocycles. The van der Waals surface area contributed by atoms with E-state index in [0.717, 1.165) is 16.3 Å². The molecule has 0 amide bonds.